The van der Waals surface area contributed by atoms with Gasteiger partial charge in [0.1, 0.15) is 0 Å². The second-order valence-electron chi connectivity index (χ2n) is 8.77. The number of benzene rings is 1. The lowest BCUT2D eigenvalue weighted by Gasteiger charge is -2.38. The van der Waals surface area contributed by atoms with E-state index in [2.05, 4.69) is 55.3 Å². The van der Waals surface area contributed by atoms with E-state index in [0.717, 1.165) is 49.9 Å². The number of fused-ring (bicyclic) bond motifs is 1. The summed E-state index contributed by atoms with van der Waals surface area (Å²) in [5, 5.41) is 7.76. The molecule has 1 N–H and O–H groups in total. The minimum absolute atomic E-state index is 0.0274. The Morgan fingerprint density at radius 2 is 1.89 bits per heavy atom. The highest BCUT2D eigenvalue weighted by Crippen LogP contribution is 2.40. The molecule has 2 aliphatic rings. The van der Waals surface area contributed by atoms with E-state index in [-0.39, 0.29) is 23.7 Å². The molecule has 0 bridgehead atoms. The van der Waals surface area contributed by atoms with Crippen LogP contribution in [0, 0.1) is 0 Å². The number of nitrogens with zero attached hydrogens (tertiary/aromatic N) is 2. The molecule has 1 saturated heterocycles. The van der Waals surface area contributed by atoms with Gasteiger partial charge in [-0.2, -0.15) is 4.98 Å². The molecule has 0 aliphatic carbocycles. The third-order valence-electron chi connectivity index (χ3n) is 5.66. The zero-order chi connectivity index (χ0) is 19.8. The molecular weight excluding hydrogens is 358 g/mol. The predicted octanol–water partition coefficient (Wildman–Crippen LogP) is 3.49. The lowest BCUT2D eigenvalue weighted by molar-refractivity contribution is 0.0486. The van der Waals surface area contributed by atoms with E-state index >= 15 is 0 Å². The maximum absolute atomic E-state index is 5.65. The summed E-state index contributed by atoms with van der Waals surface area (Å²) in [5.74, 6) is 2.99. The molecule has 0 saturated carbocycles. The van der Waals surface area contributed by atoms with Crippen LogP contribution >= 0.6 is 0 Å². The normalized spacial score (nSPS) is 19.6. The van der Waals surface area contributed by atoms with Crippen molar-refractivity contribution in [2.45, 2.75) is 57.4 Å². The van der Waals surface area contributed by atoms with Crippen molar-refractivity contribution in [2.75, 3.05) is 26.6 Å². The Hall–Kier alpha value is -2.12. The molecule has 0 amide bonds. The van der Waals surface area contributed by atoms with Crippen molar-refractivity contribution in [3.63, 3.8) is 0 Å². The molecule has 1 fully saturated rings. The molecule has 0 radical (unpaired) electrons. The van der Waals surface area contributed by atoms with Gasteiger partial charge in [0.25, 0.3) is 0 Å². The fraction of sp³-hybridized carbons (Fsp3) is 0.619. The van der Waals surface area contributed by atoms with Crippen LogP contribution in [0.1, 0.15) is 63.9 Å². The zero-order valence-electron chi connectivity index (χ0n) is 17.1. The van der Waals surface area contributed by atoms with Gasteiger partial charge in [0.15, 0.2) is 17.3 Å². The van der Waals surface area contributed by atoms with E-state index in [1.54, 1.807) is 0 Å². The van der Waals surface area contributed by atoms with Crippen molar-refractivity contribution in [3.8, 4) is 11.5 Å². The standard InChI is InChI=1S/C21H29N3O4/c1-14(18-23-19(24-28-18)20(2,3)4)22-12-21(7-9-25-10-8-21)15-5-6-16-17(11-15)27-13-26-16/h5-6,11,14,22H,7-10,12-13H2,1-4H3. The average Bonchev–Trinajstić information content (AvgIpc) is 3.35. The van der Waals surface area contributed by atoms with Gasteiger partial charge in [0, 0.05) is 30.6 Å². The molecule has 3 heterocycles. The second kappa shape index (κ2) is 7.37. The van der Waals surface area contributed by atoms with Crippen molar-refractivity contribution < 1.29 is 18.7 Å². The van der Waals surface area contributed by atoms with Crippen LogP contribution in [0.25, 0.3) is 0 Å². The van der Waals surface area contributed by atoms with E-state index in [9.17, 15) is 0 Å². The molecule has 2 aliphatic heterocycles. The van der Waals surface area contributed by atoms with Gasteiger partial charge in [-0.3, -0.25) is 0 Å². The van der Waals surface area contributed by atoms with Crippen molar-refractivity contribution >= 4 is 0 Å². The fourth-order valence-electron chi connectivity index (χ4n) is 3.71. The first-order valence-corrected chi connectivity index (χ1v) is 9.93. The average molecular weight is 387 g/mol. The van der Waals surface area contributed by atoms with Crippen LogP contribution in [0.15, 0.2) is 22.7 Å². The van der Waals surface area contributed by atoms with Gasteiger partial charge in [0.2, 0.25) is 12.7 Å². The molecule has 1 unspecified atom stereocenters. The highest BCUT2D eigenvalue weighted by Gasteiger charge is 2.36. The Kier molecular flexibility index (Phi) is 5.05. The van der Waals surface area contributed by atoms with Crippen molar-refractivity contribution in [1.29, 1.82) is 0 Å². The molecule has 28 heavy (non-hydrogen) atoms. The fourth-order valence-corrected chi connectivity index (χ4v) is 3.71. The van der Waals surface area contributed by atoms with Gasteiger partial charge in [0.05, 0.1) is 6.04 Å². The number of aromatic nitrogens is 2. The predicted molar refractivity (Wildman–Crippen MR) is 104 cm³/mol. The van der Waals surface area contributed by atoms with Crippen LogP contribution < -0.4 is 14.8 Å². The summed E-state index contributed by atoms with van der Waals surface area (Å²) >= 11 is 0. The lowest BCUT2D eigenvalue weighted by Crippen LogP contribution is -2.43. The molecule has 2 aromatic rings. The molecule has 7 nitrogen and oxygen atoms in total. The first-order valence-electron chi connectivity index (χ1n) is 9.93. The quantitative estimate of drug-likeness (QED) is 0.841. The van der Waals surface area contributed by atoms with E-state index in [4.69, 9.17) is 18.7 Å². The number of nitrogens with one attached hydrogen (secondary N) is 1. The Balaban J connectivity index is 1.51. The largest absolute Gasteiger partial charge is 0.454 e. The van der Waals surface area contributed by atoms with Gasteiger partial charge >= 0.3 is 0 Å². The lowest BCUT2D eigenvalue weighted by atomic mass is 9.74. The van der Waals surface area contributed by atoms with Crippen LogP contribution in [0.3, 0.4) is 0 Å². The maximum Gasteiger partial charge on any atom is 0.243 e. The summed E-state index contributed by atoms with van der Waals surface area (Å²) in [7, 11) is 0. The SMILES string of the molecule is CC(NCC1(c2ccc3c(c2)OCO3)CCOCC1)c1nc(C(C)(C)C)no1. The summed E-state index contributed by atoms with van der Waals surface area (Å²) in [5.41, 5.74) is 1.09. The monoisotopic (exact) mass is 387 g/mol. The van der Waals surface area contributed by atoms with Crippen LogP contribution in [0.2, 0.25) is 0 Å². The van der Waals surface area contributed by atoms with Crippen molar-refractivity contribution in [1.82, 2.24) is 15.5 Å². The third kappa shape index (κ3) is 3.73. The van der Waals surface area contributed by atoms with E-state index in [0.29, 0.717) is 5.89 Å². The Bertz CT molecular complexity index is 821. The van der Waals surface area contributed by atoms with Crippen LogP contribution in [0.5, 0.6) is 11.5 Å². The first kappa shape index (κ1) is 19.2. The number of hydrogen-bond acceptors (Lipinski definition) is 7. The molecule has 1 aromatic heterocycles. The minimum Gasteiger partial charge on any atom is -0.454 e. The van der Waals surface area contributed by atoms with Crippen molar-refractivity contribution in [2.24, 2.45) is 0 Å². The second-order valence-corrected chi connectivity index (χ2v) is 8.77. The molecule has 0 spiro atoms. The van der Waals surface area contributed by atoms with Gasteiger partial charge in [-0.1, -0.05) is 32.0 Å². The highest BCUT2D eigenvalue weighted by atomic mass is 16.7. The number of rotatable bonds is 5. The van der Waals surface area contributed by atoms with Crippen LogP contribution in [-0.4, -0.2) is 36.7 Å². The maximum atomic E-state index is 5.65. The summed E-state index contributed by atoms with van der Waals surface area (Å²) in [6.45, 7) is 10.9. The van der Waals surface area contributed by atoms with Gasteiger partial charge < -0.3 is 24.1 Å². The summed E-state index contributed by atoms with van der Waals surface area (Å²) in [6, 6.07) is 6.24. The zero-order valence-corrected chi connectivity index (χ0v) is 17.1. The molecule has 1 aromatic carbocycles. The molecule has 152 valence electrons. The summed E-state index contributed by atoms with van der Waals surface area (Å²) < 4.78 is 22.2. The highest BCUT2D eigenvalue weighted by molar-refractivity contribution is 5.47. The van der Waals surface area contributed by atoms with Gasteiger partial charge in [-0.05, 0) is 37.5 Å². The van der Waals surface area contributed by atoms with E-state index < -0.39 is 0 Å². The minimum atomic E-state index is -0.129. The van der Waals surface area contributed by atoms with E-state index in [1.165, 1.54) is 5.56 Å². The Labute approximate surface area is 165 Å². The summed E-state index contributed by atoms with van der Waals surface area (Å²) in [4.78, 5) is 4.59. The van der Waals surface area contributed by atoms with E-state index in [1.807, 2.05) is 6.07 Å². The molecular formula is C21H29N3O4. The van der Waals surface area contributed by atoms with Crippen molar-refractivity contribution in [3.05, 3.63) is 35.5 Å². The topological polar surface area (TPSA) is 78.6 Å². The van der Waals surface area contributed by atoms with Gasteiger partial charge in [-0.15, -0.1) is 0 Å². The Morgan fingerprint density at radius 1 is 1.14 bits per heavy atom. The Morgan fingerprint density at radius 3 is 2.61 bits per heavy atom. The third-order valence-corrected chi connectivity index (χ3v) is 5.66. The van der Waals surface area contributed by atoms with Crippen LogP contribution in [-0.2, 0) is 15.6 Å². The van der Waals surface area contributed by atoms with Crippen LogP contribution in [0.4, 0.5) is 0 Å². The molecule has 1 atom stereocenters. The smallest absolute Gasteiger partial charge is 0.243 e. The summed E-state index contributed by atoms with van der Waals surface area (Å²) in [6.07, 6.45) is 1.90. The molecule has 4 rings (SSSR count). The number of ether oxygens (including phenoxy) is 3. The first-order chi connectivity index (χ1) is 13.4. The van der Waals surface area contributed by atoms with Gasteiger partial charge in [-0.25, -0.2) is 0 Å². The number of hydrogen-bond donors (Lipinski definition) is 1. The molecule has 7 heteroatoms.